The third-order valence-electron chi connectivity index (χ3n) is 4.86. The Hall–Kier alpha value is -2.15. The Bertz CT molecular complexity index is 735. The van der Waals surface area contributed by atoms with E-state index in [4.69, 9.17) is 14.2 Å². The van der Waals surface area contributed by atoms with Crippen molar-refractivity contribution in [3.63, 3.8) is 0 Å². The summed E-state index contributed by atoms with van der Waals surface area (Å²) < 4.78 is 30.7. The quantitative estimate of drug-likeness (QED) is 0.633. The van der Waals surface area contributed by atoms with Crippen molar-refractivity contribution in [2.45, 2.75) is 19.6 Å². The average Bonchev–Trinajstić information content (AvgIpc) is 2.74. The minimum Gasteiger partial charge on any atom is -0.493 e. The number of rotatable bonds is 10. The van der Waals surface area contributed by atoms with E-state index in [9.17, 15) is 4.39 Å². The van der Waals surface area contributed by atoms with E-state index in [0.29, 0.717) is 23.6 Å². The summed E-state index contributed by atoms with van der Waals surface area (Å²) in [7, 11) is 1.62. The molecule has 5 nitrogen and oxygen atoms in total. The molecule has 0 bridgehead atoms. The third kappa shape index (κ3) is 5.92. The number of hydrogen-bond donors (Lipinski definition) is 1. The summed E-state index contributed by atoms with van der Waals surface area (Å²) in [5, 5.41) is 3.47. The normalized spacial score (nSPS) is 14.8. The Kier molecular flexibility index (Phi) is 8.08. The SMILES string of the molecule is COc1cccc(CNCCCN2CCOCC2)c1OCc1ccccc1F. The largest absolute Gasteiger partial charge is 0.493 e. The van der Waals surface area contributed by atoms with E-state index >= 15 is 0 Å². The summed E-state index contributed by atoms with van der Waals surface area (Å²) in [4.78, 5) is 2.43. The molecule has 1 aliphatic heterocycles. The van der Waals surface area contributed by atoms with E-state index in [-0.39, 0.29) is 12.4 Å². The van der Waals surface area contributed by atoms with Gasteiger partial charge in [-0.05, 0) is 31.6 Å². The van der Waals surface area contributed by atoms with E-state index < -0.39 is 0 Å². The number of benzene rings is 2. The zero-order chi connectivity index (χ0) is 19.6. The van der Waals surface area contributed by atoms with Crippen LogP contribution in [0.3, 0.4) is 0 Å². The molecule has 28 heavy (non-hydrogen) atoms. The summed E-state index contributed by atoms with van der Waals surface area (Å²) in [6.45, 7) is 6.53. The molecule has 1 saturated heterocycles. The smallest absolute Gasteiger partial charge is 0.166 e. The first kappa shape index (κ1) is 20.6. The lowest BCUT2D eigenvalue weighted by molar-refractivity contribution is 0.0374. The fourth-order valence-corrected chi connectivity index (χ4v) is 3.27. The second-order valence-corrected chi connectivity index (χ2v) is 6.81. The lowest BCUT2D eigenvalue weighted by Gasteiger charge is -2.26. The van der Waals surface area contributed by atoms with Gasteiger partial charge >= 0.3 is 0 Å². The highest BCUT2D eigenvalue weighted by Gasteiger charge is 2.13. The van der Waals surface area contributed by atoms with Crippen molar-refractivity contribution in [3.05, 3.63) is 59.4 Å². The molecule has 2 aromatic carbocycles. The highest BCUT2D eigenvalue weighted by molar-refractivity contribution is 5.46. The molecule has 1 fully saturated rings. The monoisotopic (exact) mass is 388 g/mol. The molecule has 152 valence electrons. The van der Waals surface area contributed by atoms with Crippen molar-refractivity contribution in [1.29, 1.82) is 0 Å². The van der Waals surface area contributed by atoms with Gasteiger partial charge in [0.15, 0.2) is 11.5 Å². The molecule has 2 aromatic rings. The molecule has 1 aliphatic rings. The maximum atomic E-state index is 13.9. The summed E-state index contributed by atoms with van der Waals surface area (Å²) >= 11 is 0. The number of nitrogens with one attached hydrogen (secondary N) is 1. The zero-order valence-corrected chi connectivity index (χ0v) is 16.5. The van der Waals surface area contributed by atoms with Crippen molar-refractivity contribution >= 4 is 0 Å². The number of hydrogen-bond acceptors (Lipinski definition) is 5. The first-order valence-corrected chi connectivity index (χ1v) is 9.81. The van der Waals surface area contributed by atoms with Gasteiger partial charge in [0.25, 0.3) is 0 Å². The van der Waals surface area contributed by atoms with Gasteiger partial charge in [0.05, 0.1) is 20.3 Å². The predicted molar refractivity (Wildman–Crippen MR) is 107 cm³/mol. The van der Waals surface area contributed by atoms with Crippen molar-refractivity contribution < 1.29 is 18.6 Å². The van der Waals surface area contributed by atoms with Gasteiger partial charge in [0, 0.05) is 30.8 Å². The van der Waals surface area contributed by atoms with Gasteiger partial charge < -0.3 is 19.5 Å². The third-order valence-corrected chi connectivity index (χ3v) is 4.86. The van der Waals surface area contributed by atoms with Gasteiger partial charge in [-0.3, -0.25) is 4.90 Å². The first-order valence-electron chi connectivity index (χ1n) is 9.81. The van der Waals surface area contributed by atoms with Crippen LogP contribution in [0.15, 0.2) is 42.5 Å². The maximum absolute atomic E-state index is 13.9. The number of methoxy groups -OCH3 is 1. The number of morpholine rings is 1. The lowest BCUT2D eigenvalue weighted by atomic mass is 10.1. The van der Waals surface area contributed by atoms with E-state index in [1.807, 2.05) is 18.2 Å². The summed E-state index contributed by atoms with van der Waals surface area (Å²) in [6.07, 6.45) is 1.08. The molecular formula is C22H29FN2O3. The molecule has 0 unspecified atom stereocenters. The second-order valence-electron chi connectivity index (χ2n) is 6.81. The van der Waals surface area contributed by atoms with Gasteiger partial charge in [0.1, 0.15) is 12.4 Å². The van der Waals surface area contributed by atoms with Gasteiger partial charge in [-0.25, -0.2) is 4.39 Å². The molecule has 3 rings (SSSR count). The molecule has 1 N–H and O–H groups in total. The Morgan fingerprint density at radius 2 is 1.86 bits per heavy atom. The molecular weight excluding hydrogens is 359 g/mol. The minimum atomic E-state index is -0.264. The summed E-state index contributed by atoms with van der Waals surface area (Å²) in [6, 6.07) is 12.5. The topological polar surface area (TPSA) is 43.0 Å². The van der Waals surface area contributed by atoms with E-state index in [1.165, 1.54) is 6.07 Å². The molecule has 0 radical (unpaired) electrons. The van der Waals surface area contributed by atoms with Gasteiger partial charge in [-0.15, -0.1) is 0 Å². The van der Waals surface area contributed by atoms with Crippen molar-refractivity contribution in [1.82, 2.24) is 10.2 Å². The summed E-state index contributed by atoms with van der Waals surface area (Å²) in [5.41, 5.74) is 1.53. The Balaban J connectivity index is 1.52. The van der Waals surface area contributed by atoms with Crippen molar-refractivity contribution in [2.24, 2.45) is 0 Å². The van der Waals surface area contributed by atoms with Crippen LogP contribution in [0.4, 0.5) is 4.39 Å². The van der Waals surface area contributed by atoms with Crippen LogP contribution < -0.4 is 14.8 Å². The average molecular weight is 388 g/mol. The van der Waals surface area contributed by atoms with Crippen LogP contribution >= 0.6 is 0 Å². The predicted octanol–water partition coefficient (Wildman–Crippen LogP) is 3.23. The fourth-order valence-electron chi connectivity index (χ4n) is 3.27. The molecule has 0 spiro atoms. The fraction of sp³-hybridized carbons (Fsp3) is 0.455. The van der Waals surface area contributed by atoms with Crippen LogP contribution in [-0.4, -0.2) is 51.4 Å². The van der Waals surface area contributed by atoms with Crippen LogP contribution in [0, 0.1) is 5.82 Å². The highest BCUT2D eigenvalue weighted by atomic mass is 19.1. The van der Waals surface area contributed by atoms with Crippen LogP contribution in [0.1, 0.15) is 17.5 Å². The van der Waals surface area contributed by atoms with Gasteiger partial charge in [0.2, 0.25) is 0 Å². The van der Waals surface area contributed by atoms with Crippen LogP contribution in [0.2, 0.25) is 0 Å². The Labute approximate surface area is 166 Å². The summed E-state index contributed by atoms with van der Waals surface area (Å²) in [5.74, 6) is 1.05. The van der Waals surface area contributed by atoms with Crippen molar-refractivity contribution in [3.8, 4) is 11.5 Å². The maximum Gasteiger partial charge on any atom is 0.166 e. The standard InChI is InChI=1S/C22H29FN2O3/c1-26-21-9-4-7-18(16-24-10-5-11-25-12-14-27-15-13-25)22(21)28-17-19-6-2-3-8-20(19)23/h2-4,6-9,24H,5,10-17H2,1H3. The Morgan fingerprint density at radius 1 is 1.07 bits per heavy atom. The van der Waals surface area contributed by atoms with Crippen molar-refractivity contribution in [2.75, 3.05) is 46.5 Å². The first-order chi connectivity index (χ1) is 13.8. The zero-order valence-electron chi connectivity index (χ0n) is 16.5. The minimum absolute atomic E-state index is 0.164. The second kappa shape index (κ2) is 11.0. The molecule has 6 heteroatoms. The van der Waals surface area contributed by atoms with Gasteiger partial charge in [-0.2, -0.15) is 0 Å². The van der Waals surface area contributed by atoms with Crippen LogP contribution in [0.25, 0.3) is 0 Å². The van der Waals surface area contributed by atoms with E-state index in [2.05, 4.69) is 10.2 Å². The van der Waals surface area contributed by atoms with Gasteiger partial charge in [-0.1, -0.05) is 30.3 Å². The Morgan fingerprint density at radius 3 is 2.64 bits per heavy atom. The highest BCUT2D eigenvalue weighted by Crippen LogP contribution is 2.32. The lowest BCUT2D eigenvalue weighted by Crippen LogP contribution is -2.37. The number of halogens is 1. The molecule has 0 amide bonds. The molecule has 0 saturated carbocycles. The number of ether oxygens (including phenoxy) is 3. The molecule has 0 aliphatic carbocycles. The number of nitrogens with zero attached hydrogens (tertiary/aromatic N) is 1. The van der Waals surface area contributed by atoms with E-state index in [1.54, 1.807) is 25.3 Å². The van der Waals surface area contributed by atoms with E-state index in [0.717, 1.165) is 51.4 Å². The van der Waals surface area contributed by atoms with Crippen LogP contribution in [0.5, 0.6) is 11.5 Å². The van der Waals surface area contributed by atoms with Crippen LogP contribution in [-0.2, 0) is 17.9 Å². The molecule has 1 heterocycles. The molecule has 0 aromatic heterocycles. The molecule has 0 atom stereocenters. The number of para-hydroxylation sites is 1.